The molecule has 1 aliphatic rings. The fourth-order valence-electron chi connectivity index (χ4n) is 2.57. The number of rotatable bonds is 5. The number of carbonyl (C=O) groups excluding carboxylic acids is 2. The highest BCUT2D eigenvalue weighted by Gasteiger charge is 2.18. The Morgan fingerprint density at radius 2 is 1.73 bits per heavy atom. The van der Waals surface area contributed by atoms with Crippen molar-refractivity contribution in [3.05, 3.63) is 22.2 Å². The first-order valence-electron chi connectivity index (χ1n) is 7.20. The predicted molar refractivity (Wildman–Crippen MR) is 86.3 cm³/mol. The number of benzene rings is 1. The van der Waals surface area contributed by atoms with E-state index in [1.807, 2.05) is 0 Å². The van der Waals surface area contributed by atoms with E-state index in [2.05, 4.69) is 10.6 Å². The number of hydrogen-bond acceptors (Lipinski definition) is 3. The maximum Gasteiger partial charge on any atom is 0.243 e. The molecule has 0 radical (unpaired) electrons. The van der Waals surface area contributed by atoms with Crippen molar-refractivity contribution in [2.24, 2.45) is 5.92 Å². The summed E-state index contributed by atoms with van der Waals surface area (Å²) >= 11 is 11.5. The molecule has 1 aromatic rings. The van der Waals surface area contributed by atoms with Gasteiger partial charge in [0.05, 0.1) is 16.6 Å². The van der Waals surface area contributed by atoms with Crippen molar-refractivity contribution in [1.29, 1.82) is 0 Å². The third-order valence-electron chi connectivity index (χ3n) is 3.70. The second-order valence-corrected chi connectivity index (χ2v) is 6.28. The van der Waals surface area contributed by atoms with Gasteiger partial charge < -0.3 is 15.7 Å². The average molecular weight is 345 g/mol. The van der Waals surface area contributed by atoms with Crippen LogP contribution in [-0.4, -0.2) is 23.5 Å². The molecule has 22 heavy (non-hydrogen) atoms. The minimum absolute atomic E-state index is 0.0491. The van der Waals surface area contributed by atoms with Crippen molar-refractivity contribution in [1.82, 2.24) is 5.32 Å². The summed E-state index contributed by atoms with van der Waals surface area (Å²) < 4.78 is 0. The van der Waals surface area contributed by atoms with Crippen LogP contribution in [-0.2, 0) is 9.59 Å². The van der Waals surface area contributed by atoms with Gasteiger partial charge in [-0.2, -0.15) is 0 Å². The van der Waals surface area contributed by atoms with Gasteiger partial charge in [0.15, 0.2) is 5.75 Å². The van der Waals surface area contributed by atoms with E-state index in [0.29, 0.717) is 18.0 Å². The fourth-order valence-corrected chi connectivity index (χ4v) is 3.06. The van der Waals surface area contributed by atoms with E-state index in [9.17, 15) is 14.7 Å². The van der Waals surface area contributed by atoms with Crippen molar-refractivity contribution < 1.29 is 14.7 Å². The van der Waals surface area contributed by atoms with E-state index in [4.69, 9.17) is 23.2 Å². The third kappa shape index (κ3) is 4.78. The van der Waals surface area contributed by atoms with Gasteiger partial charge >= 0.3 is 0 Å². The molecule has 0 bridgehead atoms. The van der Waals surface area contributed by atoms with E-state index >= 15 is 0 Å². The molecule has 2 amide bonds. The topological polar surface area (TPSA) is 78.4 Å². The number of hydrogen-bond donors (Lipinski definition) is 3. The van der Waals surface area contributed by atoms with Crippen molar-refractivity contribution in [2.45, 2.75) is 32.1 Å². The van der Waals surface area contributed by atoms with Gasteiger partial charge in [0.1, 0.15) is 0 Å². The molecule has 0 atom stereocenters. The highest BCUT2D eigenvalue weighted by Crippen LogP contribution is 2.34. The first-order chi connectivity index (χ1) is 10.5. The SMILES string of the molecule is O=C(CC1CCCC1)NCC(=O)Nc1cc(Cl)c(O)c(Cl)c1. The average Bonchev–Trinajstić information content (AvgIpc) is 2.95. The van der Waals surface area contributed by atoms with Gasteiger partial charge in [-0.1, -0.05) is 36.0 Å². The minimum atomic E-state index is -0.377. The number of phenols is 1. The lowest BCUT2D eigenvalue weighted by Gasteiger charge is -2.10. The van der Waals surface area contributed by atoms with Crippen LogP contribution in [0.2, 0.25) is 10.0 Å². The van der Waals surface area contributed by atoms with E-state index in [1.165, 1.54) is 25.0 Å². The first kappa shape index (κ1) is 16.9. The summed E-state index contributed by atoms with van der Waals surface area (Å²) in [5.41, 5.74) is 0.364. The van der Waals surface area contributed by atoms with Crippen molar-refractivity contribution in [3.63, 3.8) is 0 Å². The molecule has 2 rings (SSSR count). The molecular weight excluding hydrogens is 327 g/mol. The van der Waals surface area contributed by atoms with Gasteiger partial charge in [-0.05, 0) is 30.9 Å². The number of anilines is 1. The maximum absolute atomic E-state index is 11.8. The zero-order valence-electron chi connectivity index (χ0n) is 12.0. The smallest absolute Gasteiger partial charge is 0.243 e. The van der Waals surface area contributed by atoms with E-state index < -0.39 is 0 Å². The summed E-state index contributed by atoms with van der Waals surface area (Å²) in [5, 5.41) is 14.7. The van der Waals surface area contributed by atoms with Crippen LogP contribution in [0.1, 0.15) is 32.1 Å². The molecule has 0 spiro atoms. The Morgan fingerprint density at radius 1 is 1.14 bits per heavy atom. The zero-order valence-corrected chi connectivity index (χ0v) is 13.5. The highest BCUT2D eigenvalue weighted by atomic mass is 35.5. The van der Waals surface area contributed by atoms with Gasteiger partial charge in [-0.25, -0.2) is 0 Å². The monoisotopic (exact) mass is 344 g/mol. The lowest BCUT2D eigenvalue weighted by Crippen LogP contribution is -2.33. The van der Waals surface area contributed by atoms with Crippen LogP contribution in [0.4, 0.5) is 5.69 Å². The van der Waals surface area contributed by atoms with Crippen molar-refractivity contribution >= 4 is 40.7 Å². The molecule has 0 saturated heterocycles. The van der Waals surface area contributed by atoms with Crippen LogP contribution in [0.15, 0.2) is 12.1 Å². The van der Waals surface area contributed by atoms with Gasteiger partial charge in [0, 0.05) is 12.1 Å². The Bertz CT molecular complexity index is 549. The van der Waals surface area contributed by atoms with Crippen molar-refractivity contribution in [3.8, 4) is 5.75 Å². The molecule has 3 N–H and O–H groups in total. The van der Waals surface area contributed by atoms with E-state index in [-0.39, 0.29) is 34.2 Å². The predicted octanol–water partition coefficient (Wildman–Crippen LogP) is 3.33. The van der Waals surface area contributed by atoms with Crippen LogP contribution in [0.5, 0.6) is 5.75 Å². The highest BCUT2D eigenvalue weighted by molar-refractivity contribution is 6.37. The number of carbonyl (C=O) groups is 2. The molecule has 0 aromatic heterocycles. The minimum Gasteiger partial charge on any atom is -0.505 e. The lowest BCUT2D eigenvalue weighted by atomic mass is 10.0. The number of aromatic hydroxyl groups is 1. The molecular formula is C15H18Cl2N2O3. The largest absolute Gasteiger partial charge is 0.505 e. The Kier molecular flexibility index (Phi) is 5.91. The van der Waals surface area contributed by atoms with Crippen LogP contribution < -0.4 is 10.6 Å². The summed E-state index contributed by atoms with van der Waals surface area (Å²) in [4.78, 5) is 23.5. The second-order valence-electron chi connectivity index (χ2n) is 5.47. The van der Waals surface area contributed by atoms with E-state index in [0.717, 1.165) is 12.8 Å². The molecule has 0 unspecified atom stereocenters. The number of halogens is 2. The fraction of sp³-hybridized carbons (Fsp3) is 0.467. The Balaban J connectivity index is 1.79. The molecule has 120 valence electrons. The molecule has 1 aliphatic carbocycles. The van der Waals surface area contributed by atoms with Crippen LogP contribution in [0, 0.1) is 5.92 Å². The molecule has 7 heteroatoms. The van der Waals surface area contributed by atoms with Crippen LogP contribution in [0.25, 0.3) is 0 Å². The van der Waals surface area contributed by atoms with Gasteiger partial charge in [0.25, 0.3) is 0 Å². The molecule has 1 aromatic carbocycles. The van der Waals surface area contributed by atoms with Gasteiger partial charge in [-0.3, -0.25) is 9.59 Å². The summed E-state index contributed by atoms with van der Waals surface area (Å²) in [6.07, 6.45) is 5.01. The summed E-state index contributed by atoms with van der Waals surface area (Å²) in [6.45, 7) is -0.109. The van der Waals surface area contributed by atoms with Crippen LogP contribution >= 0.6 is 23.2 Å². The van der Waals surface area contributed by atoms with Crippen molar-refractivity contribution in [2.75, 3.05) is 11.9 Å². The standard InChI is InChI=1S/C15H18Cl2N2O3/c16-11-6-10(7-12(17)15(11)22)19-14(21)8-18-13(20)5-9-3-1-2-4-9/h6-7,9,22H,1-5,8H2,(H,18,20)(H,19,21). The Labute approximate surface area is 139 Å². The zero-order chi connectivity index (χ0) is 16.1. The summed E-state index contributed by atoms with van der Waals surface area (Å²) in [5.74, 6) is -0.273. The lowest BCUT2D eigenvalue weighted by molar-refractivity contribution is -0.124. The Morgan fingerprint density at radius 3 is 2.32 bits per heavy atom. The van der Waals surface area contributed by atoms with Crippen LogP contribution in [0.3, 0.4) is 0 Å². The second kappa shape index (κ2) is 7.70. The number of phenolic OH excluding ortho intramolecular Hbond substituents is 1. The molecule has 0 heterocycles. The van der Waals surface area contributed by atoms with Gasteiger partial charge in [0.2, 0.25) is 11.8 Å². The maximum atomic E-state index is 11.8. The first-order valence-corrected chi connectivity index (χ1v) is 7.96. The molecule has 1 fully saturated rings. The number of amides is 2. The molecule has 5 nitrogen and oxygen atoms in total. The number of nitrogens with one attached hydrogen (secondary N) is 2. The third-order valence-corrected chi connectivity index (χ3v) is 4.27. The normalized spacial score (nSPS) is 14.8. The summed E-state index contributed by atoms with van der Waals surface area (Å²) in [6, 6.07) is 2.78. The molecule has 0 aliphatic heterocycles. The summed E-state index contributed by atoms with van der Waals surface area (Å²) in [7, 11) is 0. The van der Waals surface area contributed by atoms with Gasteiger partial charge in [-0.15, -0.1) is 0 Å². The Hall–Kier alpha value is -1.46. The molecule has 1 saturated carbocycles. The van der Waals surface area contributed by atoms with E-state index in [1.54, 1.807) is 0 Å². The quantitative estimate of drug-likeness (QED) is 0.716.